The normalized spacial score (nSPS) is 13.8. The Morgan fingerprint density at radius 1 is 1.50 bits per heavy atom. The Balaban J connectivity index is 2.84. The Bertz CT molecular complexity index is 594. The summed E-state index contributed by atoms with van der Waals surface area (Å²) in [5.74, 6) is -1.20. The lowest BCUT2D eigenvalue weighted by molar-refractivity contribution is -0.141. The number of carboxylic acid groups (broad SMARTS) is 1. The molecular formula is C19H29N3O2. The lowest BCUT2D eigenvalue weighted by Crippen LogP contribution is -2.16. The minimum absolute atomic E-state index is 0.426. The van der Waals surface area contributed by atoms with Crippen LogP contribution in [-0.2, 0) is 11.2 Å². The SMILES string of the molecule is CC=N/C(CC(CCCN)C(=O)O)=C(\C)CCc1ccncc1C. The quantitative estimate of drug-likeness (QED) is 0.642. The van der Waals surface area contributed by atoms with Crippen LogP contribution in [0.3, 0.4) is 0 Å². The Hall–Kier alpha value is -2.01. The van der Waals surface area contributed by atoms with Gasteiger partial charge in [0.15, 0.2) is 0 Å². The molecule has 0 aromatic carbocycles. The Morgan fingerprint density at radius 3 is 2.83 bits per heavy atom. The number of carboxylic acids is 1. The van der Waals surface area contributed by atoms with E-state index in [1.54, 1.807) is 12.4 Å². The molecule has 0 aliphatic rings. The van der Waals surface area contributed by atoms with Gasteiger partial charge in [0, 0.05) is 30.7 Å². The molecule has 24 heavy (non-hydrogen) atoms. The first-order valence-corrected chi connectivity index (χ1v) is 8.49. The van der Waals surface area contributed by atoms with Crippen LogP contribution in [0.2, 0.25) is 0 Å². The van der Waals surface area contributed by atoms with Crippen LogP contribution in [0.1, 0.15) is 50.7 Å². The lowest BCUT2D eigenvalue weighted by Gasteiger charge is -2.15. The highest BCUT2D eigenvalue weighted by Gasteiger charge is 2.19. The van der Waals surface area contributed by atoms with Crippen LogP contribution < -0.4 is 5.73 Å². The lowest BCUT2D eigenvalue weighted by atomic mass is 9.94. The van der Waals surface area contributed by atoms with E-state index in [9.17, 15) is 9.90 Å². The first-order valence-electron chi connectivity index (χ1n) is 8.49. The van der Waals surface area contributed by atoms with Gasteiger partial charge in [-0.15, -0.1) is 0 Å². The maximum atomic E-state index is 11.5. The molecule has 0 radical (unpaired) electrons. The summed E-state index contributed by atoms with van der Waals surface area (Å²) in [6.45, 7) is 6.47. The number of pyridine rings is 1. The fraction of sp³-hybridized carbons (Fsp3) is 0.526. The van der Waals surface area contributed by atoms with Gasteiger partial charge in [0.1, 0.15) is 0 Å². The fourth-order valence-electron chi connectivity index (χ4n) is 2.65. The second-order valence-corrected chi connectivity index (χ2v) is 6.09. The standard InChI is InChI=1S/C19H29N3O2/c1-4-22-18(12-17(19(23)24)6-5-10-20)14(2)7-8-16-9-11-21-13-15(16)3/h4,9,11,13,17H,5-8,10,12,20H2,1-3H3,(H,23,24)/b18-14+,22-4?. The number of nitrogens with zero attached hydrogens (tertiary/aromatic N) is 2. The zero-order valence-electron chi connectivity index (χ0n) is 15.0. The zero-order chi connectivity index (χ0) is 17.9. The molecule has 3 N–H and O–H groups in total. The number of carbonyl (C=O) groups is 1. The van der Waals surface area contributed by atoms with E-state index in [4.69, 9.17) is 5.73 Å². The van der Waals surface area contributed by atoms with Crippen molar-refractivity contribution in [2.45, 2.75) is 52.9 Å². The van der Waals surface area contributed by atoms with Gasteiger partial charge >= 0.3 is 5.97 Å². The predicted octanol–water partition coefficient (Wildman–Crippen LogP) is 3.52. The maximum absolute atomic E-state index is 11.5. The number of nitrogens with two attached hydrogens (primary N) is 1. The first-order chi connectivity index (χ1) is 11.5. The molecule has 0 bridgehead atoms. The van der Waals surface area contributed by atoms with Crippen LogP contribution in [0.25, 0.3) is 0 Å². The summed E-state index contributed by atoms with van der Waals surface area (Å²) in [5, 5.41) is 9.42. The summed E-state index contributed by atoms with van der Waals surface area (Å²) >= 11 is 0. The van der Waals surface area contributed by atoms with Gasteiger partial charge < -0.3 is 10.8 Å². The molecule has 1 aromatic heterocycles. The van der Waals surface area contributed by atoms with E-state index >= 15 is 0 Å². The molecular weight excluding hydrogens is 302 g/mol. The maximum Gasteiger partial charge on any atom is 0.306 e. The van der Waals surface area contributed by atoms with Crippen molar-refractivity contribution in [1.82, 2.24) is 4.98 Å². The van der Waals surface area contributed by atoms with E-state index < -0.39 is 11.9 Å². The molecule has 0 amide bonds. The number of aromatic nitrogens is 1. The molecule has 0 saturated carbocycles. The predicted molar refractivity (Wildman–Crippen MR) is 98.2 cm³/mol. The van der Waals surface area contributed by atoms with Crippen LogP contribution in [0, 0.1) is 12.8 Å². The summed E-state index contributed by atoms with van der Waals surface area (Å²) in [5.41, 5.74) is 9.98. The van der Waals surface area contributed by atoms with Gasteiger partial charge in [-0.2, -0.15) is 0 Å². The van der Waals surface area contributed by atoms with Gasteiger partial charge in [-0.3, -0.25) is 14.8 Å². The molecule has 0 fully saturated rings. The molecule has 0 saturated heterocycles. The molecule has 1 aromatic rings. The number of allylic oxidation sites excluding steroid dienone is 2. The number of hydrogen-bond donors (Lipinski definition) is 2. The van der Waals surface area contributed by atoms with Gasteiger partial charge in [-0.25, -0.2) is 0 Å². The second-order valence-electron chi connectivity index (χ2n) is 6.09. The molecule has 0 spiro atoms. The van der Waals surface area contributed by atoms with Crippen molar-refractivity contribution >= 4 is 12.2 Å². The monoisotopic (exact) mass is 331 g/mol. The minimum atomic E-state index is -0.773. The van der Waals surface area contributed by atoms with Crippen LogP contribution in [0.5, 0.6) is 0 Å². The van der Waals surface area contributed by atoms with E-state index in [1.165, 1.54) is 11.1 Å². The fourth-order valence-corrected chi connectivity index (χ4v) is 2.65. The van der Waals surface area contributed by atoms with Crippen molar-refractivity contribution in [2.75, 3.05) is 6.54 Å². The van der Waals surface area contributed by atoms with Crippen LogP contribution in [0.4, 0.5) is 0 Å². The molecule has 1 atom stereocenters. The van der Waals surface area contributed by atoms with Gasteiger partial charge in [0.05, 0.1) is 5.92 Å². The zero-order valence-corrected chi connectivity index (χ0v) is 15.0. The largest absolute Gasteiger partial charge is 0.481 e. The number of aryl methyl sites for hydroxylation is 2. The Morgan fingerprint density at radius 2 is 2.25 bits per heavy atom. The third kappa shape index (κ3) is 6.62. The van der Waals surface area contributed by atoms with E-state index in [0.717, 1.165) is 30.5 Å². The van der Waals surface area contributed by atoms with Gasteiger partial charge in [0.2, 0.25) is 0 Å². The molecule has 5 nitrogen and oxygen atoms in total. The summed E-state index contributed by atoms with van der Waals surface area (Å²) in [6.07, 6.45) is 8.94. The molecule has 1 unspecified atom stereocenters. The average Bonchev–Trinajstić information content (AvgIpc) is 2.56. The second kappa shape index (κ2) is 10.7. The topological polar surface area (TPSA) is 88.6 Å². The highest BCUT2D eigenvalue weighted by Crippen LogP contribution is 2.24. The molecule has 1 rings (SSSR count). The number of aliphatic imine (C=N–C) groups is 1. The highest BCUT2D eigenvalue weighted by molar-refractivity contribution is 5.70. The van der Waals surface area contributed by atoms with Crippen molar-refractivity contribution < 1.29 is 9.90 Å². The smallest absolute Gasteiger partial charge is 0.306 e. The minimum Gasteiger partial charge on any atom is -0.481 e. The van der Waals surface area contributed by atoms with Crippen molar-refractivity contribution in [1.29, 1.82) is 0 Å². The van der Waals surface area contributed by atoms with Gasteiger partial charge in [-0.05, 0) is 70.2 Å². The molecule has 1 heterocycles. The molecule has 0 aliphatic carbocycles. The van der Waals surface area contributed by atoms with Crippen molar-refractivity contribution in [3.8, 4) is 0 Å². The summed E-state index contributed by atoms with van der Waals surface area (Å²) in [7, 11) is 0. The van der Waals surface area contributed by atoms with E-state index in [0.29, 0.717) is 19.4 Å². The van der Waals surface area contributed by atoms with Gasteiger partial charge in [-0.1, -0.05) is 5.57 Å². The first kappa shape index (κ1) is 20.0. The Labute approximate surface area is 144 Å². The van der Waals surface area contributed by atoms with Crippen molar-refractivity contribution in [2.24, 2.45) is 16.6 Å². The highest BCUT2D eigenvalue weighted by atomic mass is 16.4. The van der Waals surface area contributed by atoms with Crippen molar-refractivity contribution in [3.05, 3.63) is 40.9 Å². The van der Waals surface area contributed by atoms with Crippen LogP contribution >= 0.6 is 0 Å². The van der Waals surface area contributed by atoms with Gasteiger partial charge in [0.25, 0.3) is 0 Å². The van der Waals surface area contributed by atoms with Crippen LogP contribution in [-0.4, -0.2) is 28.8 Å². The van der Waals surface area contributed by atoms with E-state index in [1.807, 2.05) is 26.1 Å². The van der Waals surface area contributed by atoms with Crippen molar-refractivity contribution in [3.63, 3.8) is 0 Å². The molecule has 132 valence electrons. The van der Waals surface area contributed by atoms with E-state index in [2.05, 4.69) is 16.9 Å². The third-order valence-corrected chi connectivity index (χ3v) is 4.23. The summed E-state index contributed by atoms with van der Waals surface area (Å²) in [6, 6.07) is 2.03. The average molecular weight is 331 g/mol. The molecule has 5 heteroatoms. The summed E-state index contributed by atoms with van der Waals surface area (Å²) < 4.78 is 0. The number of rotatable bonds is 10. The van der Waals surface area contributed by atoms with Crippen LogP contribution in [0.15, 0.2) is 34.7 Å². The third-order valence-electron chi connectivity index (χ3n) is 4.23. The summed E-state index contributed by atoms with van der Waals surface area (Å²) in [4.78, 5) is 20.0. The Kier molecular flexibility index (Phi) is 8.94. The molecule has 0 aliphatic heterocycles. The van der Waals surface area contributed by atoms with E-state index in [-0.39, 0.29) is 0 Å². The number of hydrogen-bond acceptors (Lipinski definition) is 4. The number of aliphatic carboxylic acids is 1.